The monoisotopic (exact) mass is 308 g/mol. The number of rotatable bonds is 6. The highest BCUT2D eigenvalue weighted by atomic mass is 32.1. The molecule has 1 aliphatic rings. The molecule has 2 heterocycles. The third-order valence-electron chi connectivity index (χ3n) is 4.78. The van der Waals surface area contributed by atoms with Gasteiger partial charge in [0.25, 0.3) is 0 Å². The first kappa shape index (κ1) is 16.5. The van der Waals surface area contributed by atoms with E-state index in [-0.39, 0.29) is 23.5 Å². The van der Waals surface area contributed by atoms with Crippen molar-refractivity contribution >= 4 is 17.2 Å². The lowest BCUT2D eigenvalue weighted by Gasteiger charge is -2.36. The Morgan fingerprint density at radius 2 is 2.14 bits per heavy atom. The fourth-order valence-electron chi connectivity index (χ4n) is 2.65. The van der Waals surface area contributed by atoms with E-state index in [9.17, 15) is 4.79 Å². The summed E-state index contributed by atoms with van der Waals surface area (Å²) in [5, 5.41) is 5.63. The van der Waals surface area contributed by atoms with Crippen molar-refractivity contribution < 1.29 is 4.79 Å². The van der Waals surface area contributed by atoms with Crippen molar-refractivity contribution in [2.45, 2.75) is 59.7 Å². The molecule has 2 atom stereocenters. The Labute approximate surface area is 132 Å². The topological polar surface area (TPSA) is 32.3 Å². The van der Waals surface area contributed by atoms with Crippen LogP contribution in [0.3, 0.4) is 0 Å². The van der Waals surface area contributed by atoms with Crippen LogP contribution < -0.4 is 5.32 Å². The highest BCUT2D eigenvalue weighted by molar-refractivity contribution is 7.10. The number of hydrogen-bond donors (Lipinski definition) is 1. The summed E-state index contributed by atoms with van der Waals surface area (Å²) in [5.74, 6) is 0.809. The van der Waals surface area contributed by atoms with Crippen molar-refractivity contribution in [3.05, 3.63) is 22.4 Å². The first-order valence-corrected chi connectivity index (χ1v) is 8.84. The van der Waals surface area contributed by atoms with E-state index >= 15 is 0 Å². The largest absolute Gasteiger partial charge is 0.320 e. The Morgan fingerprint density at radius 3 is 2.67 bits per heavy atom. The molecule has 21 heavy (non-hydrogen) atoms. The molecular weight excluding hydrogens is 280 g/mol. The minimum absolute atomic E-state index is 0.0231. The maximum absolute atomic E-state index is 12.8. The van der Waals surface area contributed by atoms with Crippen molar-refractivity contribution in [3.8, 4) is 0 Å². The van der Waals surface area contributed by atoms with E-state index < -0.39 is 0 Å². The van der Waals surface area contributed by atoms with Gasteiger partial charge >= 0.3 is 0 Å². The highest BCUT2D eigenvalue weighted by Crippen LogP contribution is 2.35. The van der Waals surface area contributed by atoms with E-state index in [0.717, 1.165) is 19.4 Å². The first-order valence-electron chi connectivity index (χ1n) is 7.96. The van der Waals surface area contributed by atoms with Crippen molar-refractivity contribution in [2.75, 3.05) is 6.54 Å². The number of nitrogens with one attached hydrogen (secondary N) is 1. The van der Waals surface area contributed by atoms with Crippen molar-refractivity contribution in [2.24, 2.45) is 11.3 Å². The molecule has 1 saturated heterocycles. The second-order valence-corrected chi connectivity index (χ2v) is 8.01. The first-order chi connectivity index (χ1) is 9.86. The molecule has 1 fully saturated rings. The van der Waals surface area contributed by atoms with E-state index in [4.69, 9.17) is 0 Å². The second kappa shape index (κ2) is 6.49. The molecule has 1 N–H and O–H groups in total. The van der Waals surface area contributed by atoms with Gasteiger partial charge in [-0.2, -0.15) is 0 Å². The van der Waals surface area contributed by atoms with Crippen molar-refractivity contribution in [3.63, 3.8) is 0 Å². The Morgan fingerprint density at radius 1 is 1.43 bits per heavy atom. The van der Waals surface area contributed by atoms with Gasteiger partial charge in [0.1, 0.15) is 6.17 Å². The number of thiophene rings is 1. The van der Waals surface area contributed by atoms with Gasteiger partial charge in [0, 0.05) is 11.4 Å². The Kier molecular flexibility index (Phi) is 5.10. The van der Waals surface area contributed by atoms with Crippen LogP contribution in [0, 0.1) is 11.3 Å². The van der Waals surface area contributed by atoms with Crippen LogP contribution in [0.4, 0.5) is 0 Å². The maximum Gasteiger partial charge on any atom is 0.241 e. The van der Waals surface area contributed by atoms with Gasteiger partial charge in [-0.05, 0) is 29.2 Å². The molecule has 118 valence electrons. The standard InChI is InChI=1S/C17H28N2OS/c1-6-8-13-16(20)19(11-17(4,5)12(2)3)15(18-13)14-9-7-10-21-14/h7,9-10,12-13,15,18H,6,8,11H2,1-5H3. The van der Waals surface area contributed by atoms with Crippen LogP contribution in [0.2, 0.25) is 0 Å². The molecule has 2 unspecified atom stereocenters. The van der Waals surface area contributed by atoms with Crippen LogP contribution in [-0.4, -0.2) is 23.4 Å². The molecule has 0 aromatic carbocycles. The maximum atomic E-state index is 12.8. The lowest BCUT2D eigenvalue weighted by molar-refractivity contribution is -0.132. The van der Waals surface area contributed by atoms with Gasteiger partial charge < -0.3 is 4.90 Å². The summed E-state index contributed by atoms with van der Waals surface area (Å²) in [7, 11) is 0. The lowest BCUT2D eigenvalue weighted by atomic mass is 9.80. The predicted molar refractivity (Wildman–Crippen MR) is 89.2 cm³/mol. The van der Waals surface area contributed by atoms with Crippen LogP contribution in [0.15, 0.2) is 17.5 Å². The van der Waals surface area contributed by atoms with E-state index in [0.29, 0.717) is 5.92 Å². The molecular formula is C17H28N2OS. The average molecular weight is 308 g/mol. The number of carbonyl (C=O) groups excluding carboxylic acids is 1. The minimum Gasteiger partial charge on any atom is -0.320 e. The summed E-state index contributed by atoms with van der Waals surface area (Å²) in [4.78, 5) is 16.1. The molecule has 0 radical (unpaired) electrons. The third kappa shape index (κ3) is 3.49. The van der Waals surface area contributed by atoms with Gasteiger partial charge in [-0.1, -0.05) is 47.1 Å². The van der Waals surface area contributed by atoms with Gasteiger partial charge in [-0.3, -0.25) is 10.1 Å². The molecule has 1 aliphatic heterocycles. The molecule has 3 nitrogen and oxygen atoms in total. The van der Waals surface area contributed by atoms with Crippen molar-refractivity contribution in [1.29, 1.82) is 0 Å². The molecule has 1 amide bonds. The SMILES string of the molecule is CCCC1NC(c2cccs2)N(CC(C)(C)C(C)C)C1=O. The number of hydrogen-bond acceptors (Lipinski definition) is 3. The van der Waals surface area contributed by atoms with Gasteiger partial charge in [0.15, 0.2) is 0 Å². The van der Waals surface area contributed by atoms with Gasteiger partial charge in [-0.15, -0.1) is 11.3 Å². The molecule has 0 bridgehead atoms. The molecule has 0 aliphatic carbocycles. The Hall–Kier alpha value is -0.870. The molecule has 0 spiro atoms. The summed E-state index contributed by atoms with van der Waals surface area (Å²) in [6, 6.07) is 4.16. The summed E-state index contributed by atoms with van der Waals surface area (Å²) < 4.78 is 0. The van der Waals surface area contributed by atoms with Gasteiger partial charge in [-0.25, -0.2) is 0 Å². The highest BCUT2D eigenvalue weighted by Gasteiger charge is 2.42. The van der Waals surface area contributed by atoms with Gasteiger partial charge in [0.2, 0.25) is 5.91 Å². The lowest BCUT2D eigenvalue weighted by Crippen LogP contribution is -2.40. The summed E-state index contributed by atoms with van der Waals surface area (Å²) in [5.41, 5.74) is 0.119. The van der Waals surface area contributed by atoms with E-state index in [2.05, 4.69) is 62.3 Å². The van der Waals surface area contributed by atoms with Gasteiger partial charge in [0.05, 0.1) is 6.04 Å². The molecule has 0 saturated carbocycles. The van der Waals surface area contributed by atoms with Crippen molar-refractivity contribution in [1.82, 2.24) is 10.2 Å². The smallest absolute Gasteiger partial charge is 0.241 e. The van der Waals surface area contributed by atoms with Crippen LogP contribution in [0.5, 0.6) is 0 Å². The quantitative estimate of drug-likeness (QED) is 0.860. The zero-order chi connectivity index (χ0) is 15.6. The van der Waals surface area contributed by atoms with Crippen LogP contribution in [-0.2, 0) is 4.79 Å². The summed E-state index contributed by atoms with van der Waals surface area (Å²) in [6.45, 7) is 11.9. The average Bonchev–Trinajstić information content (AvgIpc) is 3.02. The molecule has 1 aromatic rings. The normalized spacial score (nSPS) is 23.3. The summed E-state index contributed by atoms with van der Waals surface area (Å²) >= 11 is 1.72. The fraction of sp³-hybridized carbons (Fsp3) is 0.706. The summed E-state index contributed by atoms with van der Waals surface area (Å²) in [6.07, 6.45) is 1.99. The molecule has 1 aromatic heterocycles. The van der Waals surface area contributed by atoms with Crippen LogP contribution in [0.1, 0.15) is 58.5 Å². The number of carbonyl (C=O) groups is 1. The third-order valence-corrected chi connectivity index (χ3v) is 5.71. The van der Waals surface area contributed by atoms with Crippen LogP contribution in [0.25, 0.3) is 0 Å². The van der Waals surface area contributed by atoms with E-state index in [1.165, 1.54) is 4.88 Å². The number of nitrogens with zero attached hydrogens (tertiary/aromatic N) is 1. The predicted octanol–water partition coefficient (Wildman–Crippen LogP) is 4.03. The zero-order valence-corrected chi connectivity index (χ0v) is 14.7. The second-order valence-electron chi connectivity index (χ2n) is 7.04. The van der Waals surface area contributed by atoms with E-state index in [1.54, 1.807) is 11.3 Å². The molecule has 4 heteroatoms. The van der Waals surface area contributed by atoms with E-state index in [1.807, 2.05) is 0 Å². The Balaban J connectivity index is 2.23. The minimum atomic E-state index is -0.0231. The Bertz CT molecular complexity index is 467. The van der Waals surface area contributed by atoms with Crippen LogP contribution >= 0.6 is 11.3 Å². The fourth-order valence-corrected chi connectivity index (χ4v) is 3.44. The zero-order valence-electron chi connectivity index (χ0n) is 13.8. The molecule has 2 rings (SSSR count). The number of amides is 1.